The lowest BCUT2D eigenvalue weighted by Gasteiger charge is -2.08. The minimum Gasteiger partial charge on any atom is -0.384 e. The van der Waals surface area contributed by atoms with Crippen molar-refractivity contribution in [2.45, 2.75) is 13.8 Å². The van der Waals surface area contributed by atoms with Crippen molar-refractivity contribution in [1.29, 1.82) is 0 Å². The molecule has 1 heterocycles. The number of nitrogens with two attached hydrogens (primary N) is 1. The van der Waals surface area contributed by atoms with Crippen LogP contribution in [0.3, 0.4) is 0 Å². The van der Waals surface area contributed by atoms with Gasteiger partial charge in [0.2, 0.25) is 0 Å². The van der Waals surface area contributed by atoms with E-state index in [9.17, 15) is 0 Å². The van der Waals surface area contributed by atoms with Gasteiger partial charge in [-0.1, -0.05) is 12.0 Å². The molecule has 15 heavy (non-hydrogen) atoms. The SMILES string of the molecule is C#Cc1c(C)ccc2nc(N)cc(C)c12. The molecule has 1 aromatic carbocycles. The number of hydrogen-bond acceptors (Lipinski definition) is 2. The lowest BCUT2D eigenvalue weighted by atomic mass is 10.00. The molecular formula is C13H12N2. The first-order valence-corrected chi connectivity index (χ1v) is 4.76. The molecule has 0 amide bonds. The number of terminal acetylenes is 1. The molecule has 1 aromatic heterocycles. The third kappa shape index (κ3) is 1.42. The van der Waals surface area contributed by atoms with E-state index in [4.69, 9.17) is 12.2 Å². The van der Waals surface area contributed by atoms with E-state index in [1.807, 2.05) is 32.0 Å². The Labute approximate surface area is 89.1 Å². The summed E-state index contributed by atoms with van der Waals surface area (Å²) in [5.41, 5.74) is 9.65. The van der Waals surface area contributed by atoms with Crippen molar-refractivity contribution in [2.75, 3.05) is 5.73 Å². The van der Waals surface area contributed by atoms with E-state index in [1.54, 1.807) is 0 Å². The van der Waals surface area contributed by atoms with Gasteiger partial charge >= 0.3 is 0 Å². The molecule has 2 rings (SSSR count). The van der Waals surface area contributed by atoms with E-state index in [0.717, 1.165) is 27.6 Å². The molecule has 0 atom stereocenters. The Morgan fingerprint density at radius 1 is 1.27 bits per heavy atom. The molecule has 0 saturated heterocycles. The molecule has 0 bridgehead atoms. The summed E-state index contributed by atoms with van der Waals surface area (Å²) in [5.74, 6) is 3.25. The van der Waals surface area contributed by atoms with Gasteiger partial charge in [0.1, 0.15) is 5.82 Å². The van der Waals surface area contributed by atoms with E-state index < -0.39 is 0 Å². The van der Waals surface area contributed by atoms with Gasteiger partial charge in [-0.25, -0.2) is 4.98 Å². The van der Waals surface area contributed by atoms with Gasteiger partial charge in [0.15, 0.2) is 0 Å². The van der Waals surface area contributed by atoms with Crippen LogP contribution in [0.25, 0.3) is 10.9 Å². The van der Waals surface area contributed by atoms with Crippen LogP contribution in [0.5, 0.6) is 0 Å². The van der Waals surface area contributed by atoms with Gasteiger partial charge in [0.05, 0.1) is 5.52 Å². The maximum atomic E-state index is 5.69. The first-order valence-electron chi connectivity index (χ1n) is 4.76. The smallest absolute Gasteiger partial charge is 0.124 e. The van der Waals surface area contributed by atoms with Crippen LogP contribution in [-0.4, -0.2) is 4.98 Å². The number of hydrogen-bond donors (Lipinski definition) is 1. The highest BCUT2D eigenvalue weighted by atomic mass is 14.8. The normalized spacial score (nSPS) is 10.2. The Morgan fingerprint density at radius 2 is 2.00 bits per heavy atom. The van der Waals surface area contributed by atoms with Crippen molar-refractivity contribution < 1.29 is 0 Å². The number of nitrogens with zero attached hydrogens (tertiary/aromatic N) is 1. The van der Waals surface area contributed by atoms with Crippen LogP contribution < -0.4 is 5.73 Å². The van der Waals surface area contributed by atoms with E-state index in [0.29, 0.717) is 5.82 Å². The average molecular weight is 196 g/mol. The van der Waals surface area contributed by atoms with Gasteiger partial charge in [-0.3, -0.25) is 0 Å². The van der Waals surface area contributed by atoms with Gasteiger partial charge in [-0.05, 0) is 37.1 Å². The van der Waals surface area contributed by atoms with Crippen LogP contribution in [0.1, 0.15) is 16.7 Å². The number of pyridine rings is 1. The lowest BCUT2D eigenvalue weighted by molar-refractivity contribution is 1.35. The molecule has 0 aliphatic rings. The van der Waals surface area contributed by atoms with Crippen molar-refractivity contribution in [3.8, 4) is 12.3 Å². The zero-order valence-electron chi connectivity index (χ0n) is 8.83. The van der Waals surface area contributed by atoms with Crippen LogP contribution in [0.15, 0.2) is 18.2 Å². The lowest BCUT2D eigenvalue weighted by Crippen LogP contribution is -1.95. The van der Waals surface area contributed by atoms with E-state index in [2.05, 4.69) is 10.9 Å². The number of fused-ring (bicyclic) bond motifs is 1. The zero-order valence-corrected chi connectivity index (χ0v) is 8.83. The van der Waals surface area contributed by atoms with E-state index >= 15 is 0 Å². The van der Waals surface area contributed by atoms with Crippen LogP contribution in [-0.2, 0) is 0 Å². The van der Waals surface area contributed by atoms with Gasteiger partial charge in [0, 0.05) is 10.9 Å². The minimum absolute atomic E-state index is 0.534. The summed E-state index contributed by atoms with van der Waals surface area (Å²) in [6.07, 6.45) is 5.51. The fourth-order valence-corrected chi connectivity index (χ4v) is 1.84. The van der Waals surface area contributed by atoms with E-state index in [1.165, 1.54) is 0 Å². The molecule has 0 unspecified atom stereocenters. The molecule has 0 saturated carbocycles. The molecular weight excluding hydrogens is 184 g/mol. The third-order valence-corrected chi connectivity index (χ3v) is 2.54. The minimum atomic E-state index is 0.534. The molecule has 2 N–H and O–H groups in total. The summed E-state index contributed by atoms with van der Waals surface area (Å²) in [5, 5.41) is 1.03. The Kier molecular flexibility index (Phi) is 2.09. The van der Waals surface area contributed by atoms with Crippen LogP contribution >= 0.6 is 0 Å². The Morgan fingerprint density at radius 3 is 2.67 bits per heavy atom. The maximum absolute atomic E-state index is 5.69. The average Bonchev–Trinajstić information content (AvgIpc) is 2.18. The molecule has 0 aliphatic heterocycles. The van der Waals surface area contributed by atoms with E-state index in [-0.39, 0.29) is 0 Å². The van der Waals surface area contributed by atoms with Gasteiger partial charge < -0.3 is 5.73 Å². The summed E-state index contributed by atoms with van der Waals surface area (Å²) in [6, 6.07) is 5.78. The molecule has 74 valence electrons. The molecule has 2 heteroatoms. The second kappa shape index (κ2) is 3.29. The van der Waals surface area contributed by atoms with Crippen LogP contribution in [0, 0.1) is 26.2 Å². The van der Waals surface area contributed by atoms with Gasteiger partial charge in [0.25, 0.3) is 0 Å². The van der Waals surface area contributed by atoms with Crippen molar-refractivity contribution >= 4 is 16.7 Å². The summed E-state index contributed by atoms with van der Waals surface area (Å²) < 4.78 is 0. The topological polar surface area (TPSA) is 38.9 Å². The monoisotopic (exact) mass is 196 g/mol. The molecule has 0 fully saturated rings. The fraction of sp³-hybridized carbons (Fsp3) is 0.154. The molecule has 0 spiro atoms. The number of benzene rings is 1. The Balaban J connectivity index is 3.00. The highest BCUT2D eigenvalue weighted by molar-refractivity contribution is 5.90. The standard InChI is InChI=1S/C13H12N2/c1-4-10-8(2)5-6-11-13(10)9(3)7-12(14)15-11/h1,5-7H,2-3H3,(H2,14,15). The second-order valence-corrected chi connectivity index (χ2v) is 3.66. The highest BCUT2D eigenvalue weighted by Crippen LogP contribution is 2.24. The number of nitrogen functional groups attached to an aromatic ring is 1. The highest BCUT2D eigenvalue weighted by Gasteiger charge is 2.07. The van der Waals surface area contributed by atoms with Crippen LogP contribution in [0.2, 0.25) is 0 Å². The van der Waals surface area contributed by atoms with Crippen molar-refractivity contribution in [3.63, 3.8) is 0 Å². The first kappa shape index (κ1) is 9.54. The number of anilines is 1. The zero-order chi connectivity index (χ0) is 11.0. The van der Waals surface area contributed by atoms with Gasteiger partial charge in [-0.2, -0.15) is 0 Å². The van der Waals surface area contributed by atoms with Crippen LogP contribution in [0.4, 0.5) is 5.82 Å². The predicted molar refractivity (Wildman–Crippen MR) is 63.6 cm³/mol. The van der Waals surface area contributed by atoms with Crippen molar-refractivity contribution in [3.05, 3.63) is 34.9 Å². The summed E-state index contributed by atoms with van der Waals surface area (Å²) in [6.45, 7) is 4.01. The van der Waals surface area contributed by atoms with Crippen molar-refractivity contribution in [2.24, 2.45) is 0 Å². The Hall–Kier alpha value is -2.01. The van der Waals surface area contributed by atoms with Gasteiger partial charge in [-0.15, -0.1) is 6.42 Å². The largest absolute Gasteiger partial charge is 0.384 e. The Bertz CT molecular complexity index is 577. The molecule has 0 radical (unpaired) electrons. The third-order valence-electron chi connectivity index (χ3n) is 2.54. The molecule has 0 aliphatic carbocycles. The maximum Gasteiger partial charge on any atom is 0.124 e. The fourth-order valence-electron chi connectivity index (χ4n) is 1.84. The second-order valence-electron chi connectivity index (χ2n) is 3.66. The molecule has 2 aromatic rings. The summed E-state index contributed by atoms with van der Waals surface area (Å²) >= 11 is 0. The quantitative estimate of drug-likeness (QED) is 0.657. The summed E-state index contributed by atoms with van der Waals surface area (Å²) in [7, 11) is 0. The number of aromatic nitrogens is 1. The number of aryl methyl sites for hydroxylation is 2. The first-order chi connectivity index (χ1) is 7.13. The molecule has 2 nitrogen and oxygen atoms in total. The number of rotatable bonds is 0. The van der Waals surface area contributed by atoms with Crippen molar-refractivity contribution in [1.82, 2.24) is 4.98 Å². The predicted octanol–water partition coefficient (Wildman–Crippen LogP) is 2.42. The summed E-state index contributed by atoms with van der Waals surface area (Å²) in [4.78, 5) is 4.27.